The minimum atomic E-state index is -0.787. The van der Waals surface area contributed by atoms with Crippen molar-refractivity contribution in [1.29, 1.82) is 0 Å². The Hall–Kier alpha value is -2.60. The SMILES string of the molecule is O=C(O)CN1CCN(c2cccc(OCc3ccc(F)cc3)c2)CC1. The van der Waals surface area contributed by atoms with Crippen LogP contribution in [0.1, 0.15) is 5.56 Å². The van der Waals surface area contributed by atoms with E-state index in [0.29, 0.717) is 6.61 Å². The maximum atomic E-state index is 12.9. The Morgan fingerprint density at radius 3 is 2.48 bits per heavy atom. The van der Waals surface area contributed by atoms with Gasteiger partial charge in [-0.15, -0.1) is 0 Å². The Bertz CT molecular complexity index is 713. The summed E-state index contributed by atoms with van der Waals surface area (Å²) in [7, 11) is 0. The molecule has 0 atom stereocenters. The molecule has 132 valence electrons. The molecule has 0 radical (unpaired) electrons. The number of halogens is 1. The first kappa shape index (κ1) is 17.2. The number of hydrogen-bond donors (Lipinski definition) is 1. The molecule has 1 aliphatic rings. The molecule has 0 saturated carbocycles. The van der Waals surface area contributed by atoms with E-state index in [9.17, 15) is 9.18 Å². The molecule has 0 aromatic heterocycles. The summed E-state index contributed by atoms with van der Waals surface area (Å²) in [5.74, 6) is -0.285. The van der Waals surface area contributed by atoms with Gasteiger partial charge in [-0.1, -0.05) is 18.2 Å². The summed E-state index contributed by atoms with van der Waals surface area (Å²) in [6.45, 7) is 3.51. The quantitative estimate of drug-likeness (QED) is 0.873. The lowest BCUT2D eigenvalue weighted by Gasteiger charge is -2.35. The first-order valence-corrected chi connectivity index (χ1v) is 8.26. The topological polar surface area (TPSA) is 53.0 Å². The maximum absolute atomic E-state index is 12.9. The summed E-state index contributed by atoms with van der Waals surface area (Å²) in [5, 5.41) is 8.86. The van der Waals surface area contributed by atoms with Crippen molar-refractivity contribution in [3.8, 4) is 5.75 Å². The fourth-order valence-corrected chi connectivity index (χ4v) is 2.87. The van der Waals surface area contributed by atoms with Crippen LogP contribution in [0.4, 0.5) is 10.1 Å². The molecule has 1 fully saturated rings. The van der Waals surface area contributed by atoms with Crippen LogP contribution in [0.5, 0.6) is 5.75 Å². The molecule has 0 aliphatic carbocycles. The van der Waals surface area contributed by atoms with E-state index in [-0.39, 0.29) is 12.4 Å². The Morgan fingerprint density at radius 1 is 1.08 bits per heavy atom. The zero-order valence-corrected chi connectivity index (χ0v) is 13.9. The van der Waals surface area contributed by atoms with Gasteiger partial charge in [0.15, 0.2) is 0 Å². The molecule has 0 unspecified atom stereocenters. The summed E-state index contributed by atoms with van der Waals surface area (Å²) < 4.78 is 18.7. The lowest BCUT2D eigenvalue weighted by Crippen LogP contribution is -2.47. The smallest absolute Gasteiger partial charge is 0.317 e. The molecule has 6 heteroatoms. The molecule has 0 amide bonds. The predicted molar refractivity (Wildman–Crippen MR) is 93.5 cm³/mol. The van der Waals surface area contributed by atoms with Crippen molar-refractivity contribution in [2.24, 2.45) is 0 Å². The van der Waals surface area contributed by atoms with Gasteiger partial charge >= 0.3 is 5.97 Å². The first-order valence-electron chi connectivity index (χ1n) is 8.26. The molecule has 1 heterocycles. The van der Waals surface area contributed by atoms with E-state index in [0.717, 1.165) is 43.2 Å². The van der Waals surface area contributed by atoms with Crippen LogP contribution in [0.25, 0.3) is 0 Å². The minimum Gasteiger partial charge on any atom is -0.489 e. The van der Waals surface area contributed by atoms with E-state index in [1.54, 1.807) is 12.1 Å². The van der Waals surface area contributed by atoms with Gasteiger partial charge in [-0.2, -0.15) is 0 Å². The first-order chi connectivity index (χ1) is 12.1. The lowest BCUT2D eigenvalue weighted by molar-refractivity contribution is -0.138. The van der Waals surface area contributed by atoms with Crippen molar-refractivity contribution in [3.63, 3.8) is 0 Å². The molecule has 1 saturated heterocycles. The average Bonchev–Trinajstić information content (AvgIpc) is 2.62. The van der Waals surface area contributed by atoms with E-state index >= 15 is 0 Å². The average molecular weight is 344 g/mol. The number of anilines is 1. The van der Waals surface area contributed by atoms with E-state index < -0.39 is 5.97 Å². The van der Waals surface area contributed by atoms with E-state index in [1.807, 2.05) is 29.2 Å². The van der Waals surface area contributed by atoms with Crippen molar-refractivity contribution >= 4 is 11.7 Å². The van der Waals surface area contributed by atoms with E-state index in [2.05, 4.69) is 4.90 Å². The number of hydrogen-bond acceptors (Lipinski definition) is 4. The standard InChI is InChI=1S/C19H21FN2O3/c20-16-6-4-15(5-7-16)14-25-18-3-1-2-17(12-18)22-10-8-21(9-11-22)13-19(23)24/h1-7,12H,8-11,13-14H2,(H,23,24). The molecule has 0 spiro atoms. The van der Waals surface area contributed by atoms with Gasteiger partial charge in [0.1, 0.15) is 18.2 Å². The number of carboxylic acid groups (broad SMARTS) is 1. The third-order valence-corrected chi connectivity index (χ3v) is 4.23. The van der Waals surface area contributed by atoms with E-state index in [1.165, 1.54) is 12.1 Å². The van der Waals surface area contributed by atoms with Crippen LogP contribution < -0.4 is 9.64 Å². The highest BCUT2D eigenvalue weighted by Gasteiger charge is 2.19. The Balaban J connectivity index is 1.56. The summed E-state index contributed by atoms with van der Waals surface area (Å²) in [4.78, 5) is 14.9. The van der Waals surface area contributed by atoms with Crippen molar-refractivity contribution in [2.75, 3.05) is 37.6 Å². The number of rotatable bonds is 6. The van der Waals surface area contributed by atoms with Crippen molar-refractivity contribution in [1.82, 2.24) is 4.90 Å². The van der Waals surface area contributed by atoms with Gasteiger partial charge < -0.3 is 14.7 Å². The Labute approximate surface area is 146 Å². The summed E-state index contributed by atoms with van der Waals surface area (Å²) >= 11 is 0. The third-order valence-electron chi connectivity index (χ3n) is 4.23. The molecule has 2 aromatic rings. The van der Waals surface area contributed by atoms with Crippen molar-refractivity contribution in [3.05, 3.63) is 59.9 Å². The van der Waals surface area contributed by atoms with Gasteiger partial charge in [0.05, 0.1) is 6.54 Å². The number of ether oxygens (including phenoxy) is 1. The highest BCUT2D eigenvalue weighted by Crippen LogP contribution is 2.23. The van der Waals surface area contributed by atoms with E-state index in [4.69, 9.17) is 9.84 Å². The molecule has 25 heavy (non-hydrogen) atoms. The van der Waals surface area contributed by atoms with Crippen LogP contribution in [0, 0.1) is 5.82 Å². The van der Waals surface area contributed by atoms with Gasteiger partial charge in [0.2, 0.25) is 0 Å². The Morgan fingerprint density at radius 2 is 1.80 bits per heavy atom. The van der Waals surface area contributed by atoms with Gasteiger partial charge in [0.25, 0.3) is 0 Å². The lowest BCUT2D eigenvalue weighted by atomic mass is 10.2. The number of nitrogens with zero attached hydrogens (tertiary/aromatic N) is 2. The molecule has 1 N–H and O–H groups in total. The summed E-state index contributed by atoms with van der Waals surface area (Å²) in [6.07, 6.45) is 0. The molecule has 0 bridgehead atoms. The second kappa shape index (κ2) is 7.98. The predicted octanol–water partition coefficient (Wildman–Crippen LogP) is 2.61. The maximum Gasteiger partial charge on any atom is 0.317 e. The van der Waals surface area contributed by atoms with Gasteiger partial charge in [-0.05, 0) is 29.8 Å². The van der Waals surface area contributed by atoms with Gasteiger partial charge in [-0.25, -0.2) is 4.39 Å². The van der Waals surface area contributed by atoms with Crippen LogP contribution in [0.2, 0.25) is 0 Å². The fourth-order valence-electron chi connectivity index (χ4n) is 2.87. The molecule has 1 aliphatic heterocycles. The fraction of sp³-hybridized carbons (Fsp3) is 0.316. The second-order valence-electron chi connectivity index (χ2n) is 6.07. The van der Waals surface area contributed by atoms with Gasteiger partial charge in [-0.3, -0.25) is 9.69 Å². The van der Waals surface area contributed by atoms with Crippen LogP contribution in [0.15, 0.2) is 48.5 Å². The molecule has 5 nitrogen and oxygen atoms in total. The minimum absolute atomic E-state index is 0.0919. The van der Waals surface area contributed by atoms with Crippen LogP contribution in [-0.2, 0) is 11.4 Å². The monoisotopic (exact) mass is 344 g/mol. The number of piperazine rings is 1. The summed E-state index contributed by atoms with van der Waals surface area (Å²) in [5.41, 5.74) is 1.97. The molecule has 2 aromatic carbocycles. The molecule has 3 rings (SSSR count). The number of aliphatic carboxylic acids is 1. The number of benzene rings is 2. The summed E-state index contributed by atoms with van der Waals surface area (Å²) in [6, 6.07) is 14.1. The largest absolute Gasteiger partial charge is 0.489 e. The zero-order valence-electron chi connectivity index (χ0n) is 13.9. The molecular formula is C19H21FN2O3. The van der Waals surface area contributed by atoms with Crippen LogP contribution >= 0.6 is 0 Å². The second-order valence-corrected chi connectivity index (χ2v) is 6.07. The highest BCUT2D eigenvalue weighted by molar-refractivity contribution is 5.69. The third kappa shape index (κ3) is 4.93. The van der Waals surface area contributed by atoms with Gasteiger partial charge in [0, 0.05) is 37.9 Å². The van der Waals surface area contributed by atoms with Crippen molar-refractivity contribution in [2.45, 2.75) is 6.61 Å². The number of carbonyl (C=O) groups is 1. The normalized spacial score (nSPS) is 15.2. The Kier molecular flexibility index (Phi) is 5.50. The van der Waals surface area contributed by atoms with Crippen LogP contribution in [0.3, 0.4) is 0 Å². The number of carboxylic acids is 1. The van der Waals surface area contributed by atoms with Crippen molar-refractivity contribution < 1.29 is 19.0 Å². The highest BCUT2D eigenvalue weighted by atomic mass is 19.1. The molecular weight excluding hydrogens is 323 g/mol. The van der Waals surface area contributed by atoms with Crippen LogP contribution in [-0.4, -0.2) is 48.7 Å². The zero-order chi connectivity index (χ0) is 17.6.